The number of anilines is 1. The topological polar surface area (TPSA) is 100 Å². The Bertz CT molecular complexity index is 918. The summed E-state index contributed by atoms with van der Waals surface area (Å²) < 4.78 is 21.0. The summed E-state index contributed by atoms with van der Waals surface area (Å²) in [6.07, 6.45) is 0.0784. The van der Waals surface area contributed by atoms with Crippen LogP contribution in [-0.4, -0.2) is 44.3 Å². The molecule has 2 aromatic carbocycles. The van der Waals surface area contributed by atoms with Crippen molar-refractivity contribution in [1.82, 2.24) is 0 Å². The van der Waals surface area contributed by atoms with Crippen LogP contribution in [0.2, 0.25) is 0 Å². The fourth-order valence-electron chi connectivity index (χ4n) is 2.95. The molecule has 0 saturated carbocycles. The van der Waals surface area contributed by atoms with Crippen LogP contribution >= 0.6 is 0 Å². The Labute approximate surface area is 174 Å². The van der Waals surface area contributed by atoms with Crippen molar-refractivity contribution in [3.8, 4) is 11.5 Å². The average Bonchev–Trinajstić information content (AvgIpc) is 2.73. The van der Waals surface area contributed by atoms with Crippen molar-refractivity contribution in [1.29, 1.82) is 0 Å². The summed E-state index contributed by atoms with van der Waals surface area (Å²) in [6, 6.07) is 9.61. The Balaban J connectivity index is 1.77. The summed E-state index contributed by atoms with van der Waals surface area (Å²) in [5.74, 6) is -0.258. The summed E-state index contributed by atoms with van der Waals surface area (Å²) in [7, 11) is 0. The average molecular weight is 413 g/mol. The van der Waals surface area contributed by atoms with Crippen molar-refractivity contribution in [3.05, 3.63) is 53.1 Å². The number of ether oxygens (including phenoxy) is 4. The van der Waals surface area contributed by atoms with Gasteiger partial charge in [-0.1, -0.05) is 6.07 Å². The number of carbonyl (C=O) groups is 3. The molecule has 0 radical (unpaired) electrons. The van der Waals surface area contributed by atoms with Crippen molar-refractivity contribution < 1.29 is 33.3 Å². The minimum absolute atomic E-state index is 0.0784. The van der Waals surface area contributed by atoms with E-state index in [9.17, 15) is 14.4 Å². The second-order valence-electron chi connectivity index (χ2n) is 6.44. The van der Waals surface area contributed by atoms with Crippen molar-refractivity contribution in [2.45, 2.75) is 20.3 Å². The molecule has 1 N–H and O–H groups in total. The molecule has 0 saturated heterocycles. The van der Waals surface area contributed by atoms with Crippen molar-refractivity contribution >= 4 is 23.5 Å². The molecule has 0 spiro atoms. The molecule has 0 aromatic heterocycles. The third-order valence-electron chi connectivity index (χ3n) is 4.21. The predicted molar refractivity (Wildman–Crippen MR) is 108 cm³/mol. The Morgan fingerprint density at radius 1 is 0.867 bits per heavy atom. The smallest absolute Gasteiger partial charge is 0.338 e. The van der Waals surface area contributed by atoms with Gasteiger partial charge in [0.05, 0.1) is 30.8 Å². The third kappa shape index (κ3) is 5.28. The van der Waals surface area contributed by atoms with Gasteiger partial charge in [-0.15, -0.1) is 0 Å². The van der Waals surface area contributed by atoms with E-state index < -0.39 is 11.9 Å². The first-order chi connectivity index (χ1) is 14.5. The molecule has 30 heavy (non-hydrogen) atoms. The molecule has 0 aliphatic carbocycles. The van der Waals surface area contributed by atoms with E-state index in [0.29, 0.717) is 30.4 Å². The molecule has 158 valence electrons. The molecule has 0 fully saturated rings. The molecule has 1 amide bonds. The standard InChI is InChI=1S/C22H23NO7/c1-3-27-21(25)15-11-16(22(26)28-4-2)13-17(12-15)23-20(24)10-14-5-6-18-19(9-14)30-8-7-29-18/h5-6,9,11-13H,3-4,7-8,10H2,1-2H3,(H,23,24). The van der Waals surface area contributed by atoms with Gasteiger partial charge in [0, 0.05) is 5.69 Å². The molecule has 0 unspecified atom stereocenters. The van der Waals surface area contributed by atoms with Gasteiger partial charge in [-0.3, -0.25) is 4.79 Å². The first-order valence-electron chi connectivity index (χ1n) is 9.67. The molecular formula is C22H23NO7. The molecule has 2 aromatic rings. The maximum atomic E-state index is 12.5. The predicted octanol–water partition coefficient (Wildman–Crippen LogP) is 2.99. The van der Waals surface area contributed by atoms with Gasteiger partial charge in [-0.2, -0.15) is 0 Å². The van der Waals surface area contributed by atoms with Gasteiger partial charge in [0.1, 0.15) is 13.2 Å². The van der Waals surface area contributed by atoms with E-state index in [2.05, 4.69) is 5.32 Å². The van der Waals surface area contributed by atoms with Crippen LogP contribution in [0.3, 0.4) is 0 Å². The highest BCUT2D eigenvalue weighted by molar-refractivity contribution is 5.99. The van der Waals surface area contributed by atoms with Gasteiger partial charge in [0.2, 0.25) is 5.91 Å². The second-order valence-corrected chi connectivity index (χ2v) is 6.44. The molecule has 0 atom stereocenters. The van der Waals surface area contributed by atoms with E-state index in [0.717, 1.165) is 5.56 Å². The quantitative estimate of drug-likeness (QED) is 0.697. The lowest BCUT2D eigenvalue weighted by molar-refractivity contribution is -0.115. The summed E-state index contributed by atoms with van der Waals surface area (Å²) in [5, 5.41) is 2.72. The number of hydrogen-bond donors (Lipinski definition) is 1. The van der Waals surface area contributed by atoms with Crippen LogP contribution < -0.4 is 14.8 Å². The van der Waals surface area contributed by atoms with E-state index >= 15 is 0 Å². The van der Waals surface area contributed by atoms with Crippen LogP contribution in [-0.2, 0) is 20.7 Å². The van der Waals surface area contributed by atoms with Crippen LogP contribution in [0.25, 0.3) is 0 Å². The maximum absolute atomic E-state index is 12.5. The fraction of sp³-hybridized carbons (Fsp3) is 0.318. The summed E-state index contributed by atoms with van der Waals surface area (Å²) >= 11 is 0. The minimum atomic E-state index is -0.592. The van der Waals surface area contributed by atoms with Crippen LogP contribution in [0.4, 0.5) is 5.69 Å². The third-order valence-corrected chi connectivity index (χ3v) is 4.21. The number of benzene rings is 2. The molecule has 1 aliphatic rings. The van der Waals surface area contributed by atoms with E-state index in [1.165, 1.54) is 18.2 Å². The van der Waals surface area contributed by atoms with Crippen molar-refractivity contribution in [2.75, 3.05) is 31.7 Å². The summed E-state index contributed by atoms with van der Waals surface area (Å²) in [5.41, 5.74) is 1.34. The Hall–Kier alpha value is -3.55. The van der Waals surface area contributed by atoms with Crippen LogP contribution in [0.15, 0.2) is 36.4 Å². The molecule has 8 heteroatoms. The van der Waals surface area contributed by atoms with E-state index in [4.69, 9.17) is 18.9 Å². The minimum Gasteiger partial charge on any atom is -0.486 e. The number of amides is 1. The zero-order valence-corrected chi connectivity index (χ0v) is 16.9. The lowest BCUT2D eigenvalue weighted by atomic mass is 10.1. The van der Waals surface area contributed by atoms with Crippen LogP contribution in [0.5, 0.6) is 11.5 Å². The summed E-state index contributed by atoms with van der Waals surface area (Å²) in [4.78, 5) is 36.8. The van der Waals surface area contributed by atoms with E-state index in [1.807, 2.05) is 0 Å². The number of carbonyl (C=O) groups excluding carboxylic acids is 3. The molecule has 8 nitrogen and oxygen atoms in total. The lowest BCUT2D eigenvalue weighted by Crippen LogP contribution is -2.18. The number of esters is 2. The molecule has 1 heterocycles. The highest BCUT2D eigenvalue weighted by Crippen LogP contribution is 2.31. The number of rotatable bonds is 7. The Morgan fingerprint density at radius 2 is 1.47 bits per heavy atom. The normalized spacial score (nSPS) is 12.1. The lowest BCUT2D eigenvalue weighted by Gasteiger charge is -2.18. The van der Waals surface area contributed by atoms with Gasteiger partial charge >= 0.3 is 11.9 Å². The first kappa shape index (κ1) is 21.2. The van der Waals surface area contributed by atoms with Gasteiger partial charge < -0.3 is 24.3 Å². The van der Waals surface area contributed by atoms with Gasteiger partial charge in [0.15, 0.2) is 11.5 Å². The summed E-state index contributed by atoms with van der Waals surface area (Å²) in [6.45, 7) is 4.70. The number of nitrogens with one attached hydrogen (secondary N) is 1. The molecule has 0 bridgehead atoms. The maximum Gasteiger partial charge on any atom is 0.338 e. The van der Waals surface area contributed by atoms with Gasteiger partial charge in [-0.05, 0) is 49.7 Å². The second kappa shape index (κ2) is 9.78. The van der Waals surface area contributed by atoms with Gasteiger partial charge in [0.25, 0.3) is 0 Å². The zero-order valence-electron chi connectivity index (χ0n) is 16.9. The highest BCUT2D eigenvalue weighted by atomic mass is 16.6. The van der Waals surface area contributed by atoms with E-state index in [-0.39, 0.29) is 36.7 Å². The van der Waals surface area contributed by atoms with E-state index in [1.54, 1.807) is 32.0 Å². The van der Waals surface area contributed by atoms with Crippen molar-refractivity contribution in [3.63, 3.8) is 0 Å². The first-order valence-corrected chi connectivity index (χ1v) is 9.67. The molecular weight excluding hydrogens is 390 g/mol. The van der Waals surface area contributed by atoms with Gasteiger partial charge in [-0.25, -0.2) is 9.59 Å². The Kier molecular flexibility index (Phi) is 6.90. The van der Waals surface area contributed by atoms with Crippen molar-refractivity contribution in [2.24, 2.45) is 0 Å². The SMILES string of the molecule is CCOC(=O)c1cc(NC(=O)Cc2ccc3c(c2)OCCO3)cc(C(=O)OCC)c1. The largest absolute Gasteiger partial charge is 0.486 e. The van der Waals surface area contributed by atoms with Crippen LogP contribution in [0, 0.1) is 0 Å². The molecule has 3 rings (SSSR count). The van der Waals surface area contributed by atoms with Crippen LogP contribution in [0.1, 0.15) is 40.1 Å². The monoisotopic (exact) mass is 413 g/mol. The fourth-order valence-corrected chi connectivity index (χ4v) is 2.95. The number of hydrogen-bond acceptors (Lipinski definition) is 7. The molecule has 1 aliphatic heterocycles. The number of fused-ring (bicyclic) bond motifs is 1. The highest BCUT2D eigenvalue weighted by Gasteiger charge is 2.17. The zero-order chi connectivity index (χ0) is 21.5. The Morgan fingerprint density at radius 3 is 2.07 bits per heavy atom.